The quantitative estimate of drug-likeness (QED) is 0.865. The lowest BCUT2D eigenvalue weighted by molar-refractivity contribution is -0.00670. The van der Waals surface area contributed by atoms with E-state index in [1.165, 1.54) is 12.4 Å². The first-order valence-electron chi connectivity index (χ1n) is 6.73. The highest BCUT2D eigenvalue weighted by molar-refractivity contribution is 4.93. The fourth-order valence-electron chi connectivity index (χ4n) is 2.54. The number of halogens is 2. The van der Waals surface area contributed by atoms with Gasteiger partial charge >= 0.3 is 6.55 Å². The highest BCUT2D eigenvalue weighted by Gasteiger charge is 2.31. The van der Waals surface area contributed by atoms with Crippen molar-refractivity contribution in [2.24, 2.45) is 5.92 Å². The number of nitrogens with zero attached hydrogens (tertiary/aromatic N) is 2. The molecule has 1 heterocycles. The Hall–Kier alpha value is -1.01. The third kappa shape index (κ3) is 3.73. The summed E-state index contributed by atoms with van der Waals surface area (Å²) in [5.74, 6) is 0.959. The van der Waals surface area contributed by atoms with Gasteiger partial charge in [0.1, 0.15) is 5.82 Å². The van der Waals surface area contributed by atoms with E-state index in [0.29, 0.717) is 18.3 Å². The first kappa shape index (κ1) is 14.4. The van der Waals surface area contributed by atoms with Gasteiger partial charge < -0.3 is 10.4 Å². The summed E-state index contributed by atoms with van der Waals surface area (Å²) in [7, 11) is 0. The molecule has 4 nitrogen and oxygen atoms in total. The Kier molecular flexibility index (Phi) is 4.52. The maximum Gasteiger partial charge on any atom is 0.319 e. The van der Waals surface area contributed by atoms with Gasteiger partial charge in [-0.05, 0) is 31.6 Å². The summed E-state index contributed by atoms with van der Waals surface area (Å²) < 4.78 is 26.0. The summed E-state index contributed by atoms with van der Waals surface area (Å²) in [5, 5.41) is 13.4. The lowest BCUT2D eigenvalue weighted by atomic mass is 9.79. The van der Waals surface area contributed by atoms with Crippen LogP contribution in [0.3, 0.4) is 0 Å². The molecule has 0 amide bonds. The van der Waals surface area contributed by atoms with E-state index in [0.717, 1.165) is 30.3 Å². The van der Waals surface area contributed by atoms with Crippen molar-refractivity contribution in [2.75, 3.05) is 6.54 Å². The van der Waals surface area contributed by atoms with Gasteiger partial charge in [0.25, 0.3) is 0 Å². The number of hydrogen-bond acceptors (Lipinski definition) is 3. The SMILES string of the molecule is CC1CCC(O)(CNCc2nccn2C(F)F)CC1. The summed E-state index contributed by atoms with van der Waals surface area (Å²) in [5.41, 5.74) is -0.700. The van der Waals surface area contributed by atoms with E-state index in [1.807, 2.05) is 0 Å². The van der Waals surface area contributed by atoms with Gasteiger partial charge in [-0.2, -0.15) is 8.78 Å². The molecule has 1 aliphatic rings. The largest absolute Gasteiger partial charge is 0.389 e. The maximum atomic E-state index is 12.6. The summed E-state index contributed by atoms with van der Waals surface area (Å²) >= 11 is 0. The van der Waals surface area contributed by atoms with Crippen molar-refractivity contribution in [3.8, 4) is 0 Å². The van der Waals surface area contributed by atoms with Crippen LogP contribution in [0.15, 0.2) is 12.4 Å². The summed E-state index contributed by atoms with van der Waals surface area (Å²) in [4.78, 5) is 3.89. The number of nitrogens with one attached hydrogen (secondary N) is 1. The molecule has 1 fully saturated rings. The second kappa shape index (κ2) is 5.96. The van der Waals surface area contributed by atoms with E-state index in [1.54, 1.807) is 0 Å². The van der Waals surface area contributed by atoms with Gasteiger partial charge in [0.05, 0.1) is 12.1 Å². The average Bonchev–Trinajstić information content (AvgIpc) is 2.82. The molecule has 0 radical (unpaired) electrons. The molecule has 0 aromatic carbocycles. The van der Waals surface area contributed by atoms with E-state index in [9.17, 15) is 13.9 Å². The smallest absolute Gasteiger partial charge is 0.319 e. The van der Waals surface area contributed by atoms with Crippen LogP contribution < -0.4 is 5.32 Å². The summed E-state index contributed by atoms with van der Waals surface area (Å²) in [6.07, 6.45) is 6.20. The van der Waals surface area contributed by atoms with E-state index >= 15 is 0 Å². The second-order valence-corrected chi connectivity index (χ2v) is 5.54. The number of alkyl halides is 2. The summed E-state index contributed by atoms with van der Waals surface area (Å²) in [6, 6.07) is 0. The van der Waals surface area contributed by atoms with E-state index in [-0.39, 0.29) is 6.54 Å². The van der Waals surface area contributed by atoms with Crippen LogP contribution in [-0.4, -0.2) is 26.8 Å². The number of rotatable bonds is 5. The van der Waals surface area contributed by atoms with Gasteiger partial charge in [0.15, 0.2) is 0 Å². The van der Waals surface area contributed by atoms with Gasteiger partial charge in [0, 0.05) is 18.9 Å². The molecule has 0 unspecified atom stereocenters. The lowest BCUT2D eigenvalue weighted by Gasteiger charge is -2.35. The molecule has 0 spiro atoms. The van der Waals surface area contributed by atoms with Crippen molar-refractivity contribution >= 4 is 0 Å². The fraction of sp³-hybridized carbons (Fsp3) is 0.769. The standard InChI is InChI=1S/C13H21F2N3O/c1-10-2-4-13(19,5-3-10)9-16-8-11-17-6-7-18(11)12(14)15/h6-7,10,12,16,19H,2-5,8-9H2,1H3. The van der Waals surface area contributed by atoms with Crippen LogP contribution in [0.1, 0.15) is 45.0 Å². The highest BCUT2D eigenvalue weighted by Crippen LogP contribution is 2.31. The van der Waals surface area contributed by atoms with E-state index < -0.39 is 12.2 Å². The van der Waals surface area contributed by atoms with Crippen LogP contribution in [0.4, 0.5) is 8.78 Å². The zero-order valence-electron chi connectivity index (χ0n) is 11.1. The van der Waals surface area contributed by atoms with Gasteiger partial charge in [-0.3, -0.25) is 4.57 Å². The predicted molar refractivity (Wildman–Crippen MR) is 67.8 cm³/mol. The van der Waals surface area contributed by atoms with Crippen molar-refractivity contribution in [3.05, 3.63) is 18.2 Å². The molecule has 2 rings (SSSR count). The van der Waals surface area contributed by atoms with Crippen LogP contribution in [0.5, 0.6) is 0 Å². The van der Waals surface area contributed by atoms with Gasteiger partial charge in [-0.25, -0.2) is 4.98 Å². The number of aromatic nitrogens is 2. The molecular formula is C13H21F2N3O. The minimum atomic E-state index is -2.57. The van der Waals surface area contributed by atoms with Crippen LogP contribution in [0, 0.1) is 5.92 Å². The third-order valence-electron chi connectivity index (χ3n) is 3.90. The minimum Gasteiger partial charge on any atom is -0.389 e. The Morgan fingerprint density at radius 3 is 2.84 bits per heavy atom. The zero-order valence-corrected chi connectivity index (χ0v) is 11.1. The molecule has 108 valence electrons. The van der Waals surface area contributed by atoms with Gasteiger partial charge in [-0.15, -0.1) is 0 Å². The normalized spacial score (nSPS) is 27.9. The molecule has 1 saturated carbocycles. The van der Waals surface area contributed by atoms with E-state index in [2.05, 4.69) is 17.2 Å². The van der Waals surface area contributed by atoms with Crippen LogP contribution in [0.2, 0.25) is 0 Å². The first-order valence-corrected chi connectivity index (χ1v) is 6.73. The Morgan fingerprint density at radius 2 is 2.21 bits per heavy atom. The zero-order chi connectivity index (χ0) is 13.9. The first-order chi connectivity index (χ1) is 9.00. The van der Waals surface area contributed by atoms with Crippen LogP contribution in [-0.2, 0) is 6.54 Å². The predicted octanol–water partition coefficient (Wildman–Crippen LogP) is 2.31. The lowest BCUT2D eigenvalue weighted by Crippen LogP contribution is -2.43. The Morgan fingerprint density at radius 1 is 1.53 bits per heavy atom. The molecule has 0 bridgehead atoms. The molecule has 6 heteroatoms. The molecule has 1 aromatic heterocycles. The molecule has 1 aromatic rings. The fourth-order valence-corrected chi connectivity index (χ4v) is 2.54. The van der Waals surface area contributed by atoms with Crippen molar-refractivity contribution in [1.82, 2.24) is 14.9 Å². The Labute approximate surface area is 111 Å². The molecular weight excluding hydrogens is 252 g/mol. The third-order valence-corrected chi connectivity index (χ3v) is 3.90. The molecule has 1 aliphatic carbocycles. The van der Waals surface area contributed by atoms with Crippen LogP contribution in [0.25, 0.3) is 0 Å². The minimum absolute atomic E-state index is 0.245. The van der Waals surface area contributed by atoms with Gasteiger partial charge in [-0.1, -0.05) is 6.92 Å². The highest BCUT2D eigenvalue weighted by atomic mass is 19.3. The maximum absolute atomic E-state index is 12.6. The van der Waals surface area contributed by atoms with Gasteiger partial charge in [0.2, 0.25) is 0 Å². The second-order valence-electron chi connectivity index (χ2n) is 5.54. The molecule has 0 saturated heterocycles. The number of hydrogen-bond donors (Lipinski definition) is 2. The van der Waals surface area contributed by atoms with E-state index in [4.69, 9.17) is 0 Å². The van der Waals surface area contributed by atoms with Crippen molar-refractivity contribution in [2.45, 2.75) is 51.3 Å². The summed E-state index contributed by atoms with van der Waals surface area (Å²) in [6.45, 7) is 0.287. The molecule has 19 heavy (non-hydrogen) atoms. The Bertz CT molecular complexity index is 400. The number of imidazole rings is 1. The molecule has 0 aliphatic heterocycles. The van der Waals surface area contributed by atoms with Crippen molar-refractivity contribution in [1.29, 1.82) is 0 Å². The van der Waals surface area contributed by atoms with Crippen molar-refractivity contribution in [3.63, 3.8) is 0 Å². The molecule has 0 atom stereocenters. The number of aliphatic hydroxyl groups is 1. The van der Waals surface area contributed by atoms with Crippen LogP contribution >= 0.6 is 0 Å². The Balaban J connectivity index is 1.81. The molecule has 2 N–H and O–H groups in total. The van der Waals surface area contributed by atoms with Crippen molar-refractivity contribution < 1.29 is 13.9 Å². The topological polar surface area (TPSA) is 50.1 Å². The average molecular weight is 273 g/mol. The monoisotopic (exact) mass is 273 g/mol.